The Labute approximate surface area is 111 Å². The van der Waals surface area contributed by atoms with Gasteiger partial charge >= 0.3 is 12.1 Å². The van der Waals surface area contributed by atoms with Crippen molar-refractivity contribution in [3.8, 4) is 0 Å². The van der Waals surface area contributed by atoms with E-state index in [4.69, 9.17) is 4.74 Å². The van der Waals surface area contributed by atoms with Crippen LogP contribution < -0.4 is 5.32 Å². The quantitative estimate of drug-likeness (QED) is 0.778. The van der Waals surface area contributed by atoms with E-state index < -0.39 is 24.2 Å². The molecular formula is C13H17NO5. The van der Waals surface area contributed by atoms with E-state index >= 15 is 0 Å². The van der Waals surface area contributed by atoms with Crippen molar-refractivity contribution in [1.82, 2.24) is 5.32 Å². The number of alkyl carbamates (subject to hydrolysis) is 1. The highest BCUT2D eigenvalue weighted by Gasteiger charge is 2.30. The lowest BCUT2D eigenvalue weighted by molar-refractivity contribution is -0.152. The van der Waals surface area contributed by atoms with E-state index in [1.54, 1.807) is 37.3 Å². The lowest BCUT2D eigenvalue weighted by Gasteiger charge is -2.22. The van der Waals surface area contributed by atoms with E-state index in [0.29, 0.717) is 5.56 Å². The third-order valence-corrected chi connectivity index (χ3v) is 2.47. The fourth-order valence-electron chi connectivity index (χ4n) is 1.56. The van der Waals surface area contributed by atoms with Gasteiger partial charge in [0.05, 0.1) is 19.8 Å². The Morgan fingerprint density at radius 1 is 1.32 bits per heavy atom. The maximum absolute atomic E-state index is 11.4. The summed E-state index contributed by atoms with van der Waals surface area (Å²) >= 11 is 0. The Bertz CT molecular complexity index is 420. The summed E-state index contributed by atoms with van der Waals surface area (Å²) in [6.45, 7) is 1.86. The van der Waals surface area contributed by atoms with Crippen molar-refractivity contribution < 1.29 is 24.2 Å². The first-order valence-electron chi connectivity index (χ1n) is 5.84. The summed E-state index contributed by atoms with van der Waals surface area (Å²) in [7, 11) is 1.16. The summed E-state index contributed by atoms with van der Waals surface area (Å²) < 4.78 is 9.22. The van der Waals surface area contributed by atoms with Crippen LogP contribution in [-0.2, 0) is 14.3 Å². The number of aliphatic hydroxyl groups excluding tert-OH is 1. The number of carbonyl (C=O) groups excluding carboxylic acids is 2. The molecule has 0 saturated heterocycles. The van der Waals surface area contributed by atoms with Crippen LogP contribution in [0.25, 0.3) is 0 Å². The van der Waals surface area contributed by atoms with Crippen LogP contribution in [0.5, 0.6) is 0 Å². The van der Waals surface area contributed by atoms with Gasteiger partial charge in [-0.25, -0.2) is 9.59 Å². The van der Waals surface area contributed by atoms with Crippen LogP contribution >= 0.6 is 0 Å². The number of nitrogens with one attached hydrogen (secondary N) is 1. The van der Waals surface area contributed by atoms with E-state index in [1.165, 1.54) is 0 Å². The Balaban J connectivity index is 2.91. The normalized spacial score (nSPS) is 13.2. The summed E-state index contributed by atoms with van der Waals surface area (Å²) in [6.07, 6.45) is -2.21. The van der Waals surface area contributed by atoms with Crippen LogP contribution in [0.4, 0.5) is 4.79 Å². The van der Waals surface area contributed by atoms with Gasteiger partial charge < -0.3 is 19.9 Å². The smallest absolute Gasteiger partial charge is 0.407 e. The molecule has 6 heteroatoms. The van der Waals surface area contributed by atoms with Gasteiger partial charge in [-0.1, -0.05) is 30.3 Å². The summed E-state index contributed by atoms with van der Waals surface area (Å²) in [6, 6.07) is 7.70. The van der Waals surface area contributed by atoms with Crippen molar-refractivity contribution in [2.24, 2.45) is 0 Å². The van der Waals surface area contributed by atoms with E-state index in [-0.39, 0.29) is 6.61 Å². The average molecular weight is 267 g/mol. The number of ether oxygens (including phenoxy) is 2. The molecule has 0 aliphatic heterocycles. The molecule has 0 saturated carbocycles. The first kappa shape index (κ1) is 15.0. The molecule has 0 radical (unpaired) electrons. The second kappa shape index (κ2) is 7.38. The molecule has 1 aromatic carbocycles. The van der Waals surface area contributed by atoms with E-state index in [2.05, 4.69) is 10.1 Å². The molecule has 0 aliphatic rings. The first-order chi connectivity index (χ1) is 9.10. The minimum atomic E-state index is -1.50. The van der Waals surface area contributed by atoms with Gasteiger partial charge in [0, 0.05) is 0 Å². The van der Waals surface area contributed by atoms with Gasteiger partial charge in [-0.3, -0.25) is 0 Å². The number of methoxy groups -OCH3 is 1. The minimum Gasteiger partial charge on any atom is -0.467 e. The van der Waals surface area contributed by atoms with Crippen molar-refractivity contribution in [2.45, 2.75) is 19.1 Å². The molecule has 1 aromatic rings. The monoisotopic (exact) mass is 267 g/mol. The SMILES string of the molecule is CCOC(=O)N[C@H](c1ccccc1)[C@H](O)C(=O)OC. The Kier molecular flexibility index (Phi) is 5.81. The van der Waals surface area contributed by atoms with Crippen LogP contribution in [0.1, 0.15) is 18.5 Å². The van der Waals surface area contributed by atoms with Crippen LogP contribution in [0, 0.1) is 0 Å². The highest BCUT2D eigenvalue weighted by Crippen LogP contribution is 2.18. The Hall–Kier alpha value is -2.08. The summed E-state index contributed by atoms with van der Waals surface area (Å²) in [5.74, 6) is -0.828. The van der Waals surface area contributed by atoms with E-state index in [1.807, 2.05) is 0 Å². The van der Waals surface area contributed by atoms with Crippen molar-refractivity contribution in [3.63, 3.8) is 0 Å². The maximum Gasteiger partial charge on any atom is 0.407 e. The number of hydrogen-bond acceptors (Lipinski definition) is 5. The molecule has 1 amide bonds. The molecule has 0 heterocycles. The number of benzene rings is 1. The zero-order valence-corrected chi connectivity index (χ0v) is 10.8. The molecule has 0 spiro atoms. The van der Waals surface area contributed by atoms with Gasteiger partial charge in [-0.05, 0) is 12.5 Å². The van der Waals surface area contributed by atoms with Crippen molar-refractivity contribution >= 4 is 12.1 Å². The second-order valence-electron chi connectivity index (χ2n) is 3.72. The average Bonchev–Trinajstić information content (AvgIpc) is 2.44. The van der Waals surface area contributed by atoms with Gasteiger partial charge in [0.2, 0.25) is 0 Å². The van der Waals surface area contributed by atoms with Crippen molar-refractivity contribution in [2.75, 3.05) is 13.7 Å². The van der Waals surface area contributed by atoms with Gasteiger partial charge in [-0.15, -0.1) is 0 Å². The van der Waals surface area contributed by atoms with Crippen LogP contribution in [-0.4, -0.2) is 37.0 Å². The molecule has 2 atom stereocenters. The predicted octanol–water partition coefficient (Wildman–Crippen LogP) is 1.01. The number of esters is 1. The Morgan fingerprint density at radius 3 is 2.47 bits per heavy atom. The molecule has 19 heavy (non-hydrogen) atoms. The molecule has 0 unspecified atom stereocenters. The highest BCUT2D eigenvalue weighted by molar-refractivity contribution is 5.77. The number of amides is 1. The van der Waals surface area contributed by atoms with Gasteiger partial charge in [0.15, 0.2) is 6.10 Å². The molecular weight excluding hydrogens is 250 g/mol. The molecule has 6 nitrogen and oxygen atoms in total. The van der Waals surface area contributed by atoms with E-state index in [9.17, 15) is 14.7 Å². The Morgan fingerprint density at radius 2 is 1.95 bits per heavy atom. The lowest BCUT2D eigenvalue weighted by Crippen LogP contribution is -2.41. The molecule has 2 N–H and O–H groups in total. The zero-order chi connectivity index (χ0) is 14.3. The minimum absolute atomic E-state index is 0.196. The topological polar surface area (TPSA) is 84.9 Å². The summed E-state index contributed by atoms with van der Waals surface area (Å²) in [5.41, 5.74) is 0.577. The number of rotatable bonds is 5. The largest absolute Gasteiger partial charge is 0.467 e. The van der Waals surface area contributed by atoms with Gasteiger partial charge in [0.25, 0.3) is 0 Å². The lowest BCUT2D eigenvalue weighted by atomic mass is 10.0. The molecule has 0 aliphatic carbocycles. The van der Waals surface area contributed by atoms with Crippen LogP contribution in [0.2, 0.25) is 0 Å². The maximum atomic E-state index is 11.4. The fraction of sp³-hybridized carbons (Fsp3) is 0.385. The third-order valence-electron chi connectivity index (χ3n) is 2.47. The third kappa shape index (κ3) is 4.26. The van der Waals surface area contributed by atoms with E-state index in [0.717, 1.165) is 7.11 Å². The van der Waals surface area contributed by atoms with Gasteiger partial charge in [0.1, 0.15) is 0 Å². The standard InChI is InChI=1S/C13H17NO5/c1-3-19-13(17)14-10(11(15)12(16)18-2)9-7-5-4-6-8-9/h4-8,10-11,15H,3H2,1-2H3,(H,14,17)/t10-,11+/m1/s1. The molecule has 0 aromatic heterocycles. The van der Waals surface area contributed by atoms with Crippen LogP contribution in [0.3, 0.4) is 0 Å². The predicted molar refractivity (Wildman–Crippen MR) is 67.4 cm³/mol. The zero-order valence-electron chi connectivity index (χ0n) is 10.8. The van der Waals surface area contributed by atoms with Crippen molar-refractivity contribution in [1.29, 1.82) is 0 Å². The second-order valence-corrected chi connectivity index (χ2v) is 3.72. The van der Waals surface area contributed by atoms with Gasteiger partial charge in [-0.2, -0.15) is 0 Å². The first-order valence-corrected chi connectivity index (χ1v) is 5.84. The number of hydrogen-bond donors (Lipinski definition) is 2. The number of aliphatic hydroxyl groups is 1. The fourth-order valence-corrected chi connectivity index (χ4v) is 1.56. The van der Waals surface area contributed by atoms with Crippen LogP contribution in [0.15, 0.2) is 30.3 Å². The number of carbonyl (C=O) groups is 2. The summed E-state index contributed by atoms with van der Waals surface area (Å²) in [5, 5.41) is 12.3. The molecule has 104 valence electrons. The molecule has 0 bridgehead atoms. The highest BCUT2D eigenvalue weighted by atomic mass is 16.6. The molecule has 0 fully saturated rings. The molecule has 1 rings (SSSR count). The van der Waals surface area contributed by atoms with Crippen molar-refractivity contribution in [3.05, 3.63) is 35.9 Å². The summed E-state index contributed by atoms with van der Waals surface area (Å²) in [4.78, 5) is 22.8.